The van der Waals surface area contributed by atoms with E-state index in [1.807, 2.05) is 6.92 Å². The highest BCUT2D eigenvalue weighted by Gasteiger charge is 2.21. The smallest absolute Gasteiger partial charge is 0.325 e. The van der Waals surface area contributed by atoms with E-state index in [1.54, 1.807) is 38.1 Å². The lowest BCUT2D eigenvalue weighted by Gasteiger charge is -2.18. The lowest BCUT2D eigenvalue weighted by molar-refractivity contribution is -0.146. The van der Waals surface area contributed by atoms with Gasteiger partial charge in [0.25, 0.3) is 11.8 Å². The number of ether oxygens (including phenoxy) is 2. The molecule has 0 aliphatic carbocycles. The minimum Gasteiger partial charge on any atom is -0.494 e. The Morgan fingerprint density at radius 2 is 1.53 bits per heavy atom. The van der Waals surface area contributed by atoms with Gasteiger partial charge in [-0.05, 0) is 55.5 Å². The van der Waals surface area contributed by atoms with Crippen LogP contribution in [0.3, 0.4) is 0 Å². The molecule has 34 heavy (non-hydrogen) atoms. The number of sulfonamides is 1. The maximum atomic E-state index is 12.5. The molecule has 2 amide bonds. The zero-order valence-corrected chi connectivity index (χ0v) is 20.2. The lowest BCUT2D eigenvalue weighted by atomic mass is 10.2. The first kappa shape index (κ1) is 26.8. The highest BCUT2D eigenvalue weighted by Crippen LogP contribution is 2.17. The van der Waals surface area contributed by atoms with Gasteiger partial charge in [-0.25, -0.2) is 8.42 Å². The summed E-state index contributed by atoms with van der Waals surface area (Å²) in [5, 5.41) is 4.95. The van der Waals surface area contributed by atoms with Crippen LogP contribution in [0.1, 0.15) is 31.1 Å². The number of nitrogens with zero attached hydrogens (tertiary/aromatic N) is 1. The summed E-state index contributed by atoms with van der Waals surface area (Å²) in [5.41, 5.74) is 0.698. The Morgan fingerprint density at radius 1 is 0.912 bits per heavy atom. The maximum Gasteiger partial charge on any atom is 0.325 e. The molecule has 0 aliphatic rings. The molecule has 0 aliphatic heterocycles. The van der Waals surface area contributed by atoms with E-state index in [0.29, 0.717) is 31.1 Å². The summed E-state index contributed by atoms with van der Waals surface area (Å²) in [6.45, 7) is 5.58. The van der Waals surface area contributed by atoms with Gasteiger partial charge in [0.05, 0.1) is 11.5 Å². The second kappa shape index (κ2) is 12.7. The van der Waals surface area contributed by atoms with Gasteiger partial charge in [0.2, 0.25) is 10.0 Å². The minimum absolute atomic E-state index is 0.0747. The number of hydrogen-bond acceptors (Lipinski definition) is 7. The van der Waals surface area contributed by atoms with E-state index in [2.05, 4.69) is 10.6 Å². The standard InChI is InChI=1S/C23H29N3O7S/c1-4-26(5-2)34(30,31)20-13-7-17(8-14-20)23(29)24-15-22(28)33-16-21(27)25-18-9-11-19(12-10-18)32-6-3/h7-14H,4-6,15-16H2,1-3H3,(H,24,29)(H,25,27). The van der Waals surface area contributed by atoms with Gasteiger partial charge < -0.3 is 20.1 Å². The molecule has 2 rings (SSSR count). The van der Waals surface area contributed by atoms with Crippen molar-refractivity contribution in [3.8, 4) is 5.75 Å². The van der Waals surface area contributed by atoms with Gasteiger partial charge in [-0.2, -0.15) is 4.31 Å². The predicted octanol–water partition coefficient (Wildman–Crippen LogP) is 2.03. The molecule has 184 valence electrons. The number of nitrogens with one attached hydrogen (secondary N) is 2. The minimum atomic E-state index is -3.63. The monoisotopic (exact) mass is 491 g/mol. The Hall–Kier alpha value is -3.44. The first-order valence-corrected chi connectivity index (χ1v) is 12.2. The Labute approximate surface area is 199 Å². The Kier molecular flexibility index (Phi) is 10.0. The number of esters is 1. The van der Waals surface area contributed by atoms with Crippen LogP contribution in [-0.2, 0) is 24.3 Å². The molecule has 2 aromatic carbocycles. The second-order valence-corrected chi connectivity index (χ2v) is 8.90. The van der Waals surface area contributed by atoms with E-state index in [0.717, 1.165) is 0 Å². The summed E-state index contributed by atoms with van der Waals surface area (Å²) in [6, 6.07) is 12.1. The van der Waals surface area contributed by atoms with Gasteiger partial charge in [-0.3, -0.25) is 14.4 Å². The number of carbonyl (C=O) groups is 3. The van der Waals surface area contributed by atoms with Crippen molar-refractivity contribution >= 4 is 33.5 Å². The van der Waals surface area contributed by atoms with Gasteiger partial charge in [-0.15, -0.1) is 0 Å². The largest absolute Gasteiger partial charge is 0.494 e. The quantitative estimate of drug-likeness (QED) is 0.434. The number of benzene rings is 2. The van der Waals surface area contributed by atoms with Crippen LogP contribution in [0.2, 0.25) is 0 Å². The van der Waals surface area contributed by atoms with E-state index >= 15 is 0 Å². The molecule has 0 saturated heterocycles. The number of anilines is 1. The Morgan fingerprint density at radius 3 is 2.09 bits per heavy atom. The van der Waals surface area contributed by atoms with Crippen molar-refractivity contribution < 1.29 is 32.3 Å². The summed E-state index contributed by atoms with van der Waals surface area (Å²) in [6.07, 6.45) is 0. The van der Waals surface area contributed by atoms with Gasteiger partial charge in [0.15, 0.2) is 6.61 Å². The van der Waals surface area contributed by atoms with Crippen molar-refractivity contribution in [2.24, 2.45) is 0 Å². The third-order valence-corrected chi connectivity index (χ3v) is 6.73. The summed E-state index contributed by atoms with van der Waals surface area (Å²) < 4.78 is 36.5. The molecule has 0 heterocycles. The second-order valence-electron chi connectivity index (χ2n) is 6.96. The molecule has 0 bridgehead atoms. The number of amides is 2. The molecule has 0 radical (unpaired) electrons. The SMILES string of the molecule is CCOc1ccc(NC(=O)COC(=O)CNC(=O)c2ccc(S(=O)(=O)N(CC)CC)cc2)cc1. The highest BCUT2D eigenvalue weighted by molar-refractivity contribution is 7.89. The molecular weight excluding hydrogens is 462 g/mol. The van der Waals surface area contributed by atoms with Crippen molar-refractivity contribution in [3.05, 3.63) is 54.1 Å². The third-order valence-electron chi connectivity index (χ3n) is 4.67. The molecule has 11 heteroatoms. The first-order chi connectivity index (χ1) is 16.2. The zero-order chi connectivity index (χ0) is 25.1. The van der Waals surface area contributed by atoms with Crippen LogP contribution < -0.4 is 15.4 Å². The lowest BCUT2D eigenvalue weighted by Crippen LogP contribution is -2.32. The van der Waals surface area contributed by atoms with Crippen molar-refractivity contribution in [1.29, 1.82) is 0 Å². The molecule has 0 fully saturated rings. The Bertz CT molecular complexity index is 1080. The van der Waals surface area contributed by atoms with Gasteiger partial charge in [-0.1, -0.05) is 13.8 Å². The van der Waals surface area contributed by atoms with Crippen LogP contribution in [0.4, 0.5) is 5.69 Å². The molecular formula is C23H29N3O7S. The fourth-order valence-corrected chi connectivity index (χ4v) is 4.40. The van der Waals surface area contributed by atoms with E-state index in [4.69, 9.17) is 9.47 Å². The van der Waals surface area contributed by atoms with E-state index in [-0.39, 0.29) is 10.5 Å². The highest BCUT2D eigenvalue weighted by atomic mass is 32.2. The van der Waals surface area contributed by atoms with Crippen LogP contribution >= 0.6 is 0 Å². The van der Waals surface area contributed by atoms with Crippen molar-refractivity contribution in [2.45, 2.75) is 25.7 Å². The Balaban J connectivity index is 1.80. The molecule has 2 aromatic rings. The summed E-state index contributed by atoms with van der Waals surface area (Å²) in [7, 11) is -3.63. The normalized spacial score (nSPS) is 11.1. The van der Waals surface area contributed by atoms with E-state index in [9.17, 15) is 22.8 Å². The number of carbonyl (C=O) groups excluding carboxylic acids is 3. The van der Waals surface area contributed by atoms with E-state index < -0.39 is 41.0 Å². The molecule has 0 saturated carbocycles. The topological polar surface area (TPSA) is 131 Å². The number of rotatable bonds is 12. The predicted molar refractivity (Wildman–Crippen MR) is 126 cm³/mol. The summed E-state index contributed by atoms with van der Waals surface area (Å²) in [4.78, 5) is 36.1. The van der Waals surface area contributed by atoms with Crippen LogP contribution in [-0.4, -0.2) is 63.4 Å². The van der Waals surface area contributed by atoms with E-state index in [1.165, 1.54) is 28.6 Å². The van der Waals surface area contributed by atoms with Gasteiger partial charge in [0, 0.05) is 24.3 Å². The fraction of sp³-hybridized carbons (Fsp3) is 0.348. The van der Waals surface area contributed by atoms with Crippen molar-refractivity contribution in [2.75, 3.05) is 38.2 Å². The molecule has 2 N–H and O–H groups in total. The summed E-state index contributed by atoms with van der Waals surface area (Å²) >= 11 is 0. The van der Waals surface area contributed by atoms with Crippen LogP contribution in [0.25, 0.3) is 0 Å². The van der Waals surface area contributed by atoms with Crippen LogP contribution in [0.5, 0.6) is 5.75 Å². The third kappa shape index (κ3) is 7.56. The molecule has 0 atom stereocenters. The zero-order valence-electron chi connectivity index (χ0n) is 19.4. The molecule has 0 aromatic heterocycles. The fourth-order valence-electron chi connectivity index (χ4n) is 2.94. The van der Waals surface area contributed by atoms with Gasteiger partial charge in [0.1, 0.15) is 12.3 Å². The molecule has 0 unspecified atom stereocenters. The van der Waals surface area contributed by atoms with Crippen LogP contribution in [0.15, 0.2) is 53.4 Å². The average Bonchev–Trinajstić information content (AvgIpc) is 2.83. The summed E-state index contributed by atoms with van der Waals surface area (Å²) in [5.74, 6) is -1.24. The van der Waals surface area contributed by atoms with Gasteiger partial charge >= 0.3 is 5.97 Å². The maximum absolute atomic E-state index is 12.5. The average molecular weight is 492 g/mol. The number of hydrogen-bond donors (Lipinski definition) is 2. The molecule has 10 nitrogen and oxygen atoms in total. The first-order valence-electron chi connectivity index (χ1n) is 10.8. The van der Waals surface area contributed by atoms with Crippen molar-refractivity contribution in [3.63, 3.8) is 0 Å². The van der Waals surface area contributed by atoms with Crippen LogP contribution in [0, 0.1) is 0 Å². The van der Waals surface area contributed by atoms with Crippen molar-refractivity contribution in [1.82, 2.24) is 9.62 Å². The molecule has 0 spiro atoms.